The summed E-state index contributed by atoms with van der Waals surface area (Å²) in [6, 6.07) is 14.2. The molecule has 0 fully saturated rings. The SMILES string of the molecule is CCN1Cc2ccccc2C(CONC(=O)c2ccc(C(=O)NO)cc2)C1. The smallest absolute Gasteiger partial charge is 0.274 e. The second kappa shape index (κ2) is 8.77. The summed E-state index contributed by atoms with van der Waals surface area (Å²) in [6.07, 6.45) is 0. The van der Waals surface area contributed by atoms with Crippen LogP contribution in [0.25, 0.3) is 0 Å². The number of rotatable bonds is 6. The van der Waals surface area contributed by atoms with Crippen molar-refractivity contribution in [2.24, 2.45) is 0 Å². The Morgan fingerprint density at radius 2 is 1.78 bits per heavy atom. The van der Waals surface area contributed by atoms with Crippen molar-refractivity contribution >= 4 is 11.8 Å². The molecular formula is C20H23N3O4. The molecule has 3 rings (SSSR count). The summed E-state index contributed by atoms with van der Waals surface area (Å²) in [4.78, 5) is 31.4. The third kappa shape index (κ3) is 4.51. The molecule has 3 N–H and O–H groups in total. The Hall–Kier alpha value is -2.74. The molecule has 0 aromatic heterocycles. The number of nitrogens with zero attached hydrogens (tertiary/aromatic N) is 1. The van der Waals surface area contributed by atoms with Crippen LogP contribution in [0.3, 0.4) is 0 Å². The lowest BCUT2D eigenvalue weighted by atomic mass is 9.90. The number of nitrogens with one attached hydrogen (secondary N) is 2. The van der Waals surface area contributed by atoms with Crippen LogP contribution < -0.4 is 11.0 Å². The Labute approximate surface area is 157 Å². The topological polar surface area (TPSA) is 90.9 Å². The first-order chi connectivity index (χ1) is 13.1. The maximum absolute atomic E-state index is 12.2. The molecule has 0 aliphatic carbocycles. The zero-order chi connectivity index (χ0) is 19.2. The quantitative estimate of drug-likeness (QED) is 0.536. The van der Waals surface area contributed by atoms with E-state index >= 15 is 0 Å². The summed E-state index contributed by atoms with van der Waals surface area (Å²) in [5.74, 6) is -0.831. The van der Waals surface area contributed by atoms with Crippen LogP contribution in [0.4, 0.5) is 0 Å². The van der Waals surface area contributed by atoms with Gasteiger partial charge in [0.25, 0.3) is 11.8 Å². The summed E-state index contributed by atoms with van der Waals surface area (Å²) < 4.78 is 0. The van der Waals surface area contributed by atoms with E-state index in [2.05, 4.69) is 29.4 Å². The van der Waals surface area contributed by atoms with Crippen molar-refractivity contribution in [1.29, 1.82) is 0 Å². The lowest BCUT2D eigenvalue weighted by Crippen LogP contribution is -2.36. The summed E-state index contributed by atoms with van der Waals surface area (Å²) in [5, 5.41) is 8.61. The molecule has 1 unspecified atom stereocenters. The molecule has 0 saturated heterocycles. The Balaban J connectivity index is 1.58. The average molecular weight is 369 g/mol. The number of hydrogen-bond acceptors (Lipinski definition) is 5. The predicted molar refractivity (Wildman–Crippen MR) is 99.2 cm³/mol. The minimum absolute atomic E-state index is 0.186. The van der Waals surface area contributed by atoms with Gasteiger partial charge in [-0.1, -0.05) is 31.2 Å². The first-order valence-electron chi connectivity index (χ1n) is 8.89. The number of carbonyl (C=O) groups is 2. The fourth-order valence-electron chi connectivity index (χ4n) is 3.28. The van der Waals surface area contributed by atoms with Crippen molar-refractivity contribution in [1.82, 2.24) is 15.9 Å². The highest BCUT2D eigenvalue weighted by Crippen LogP contribution is 2.28. The van der Waals surface area contributed by atoms with Crippen molar-refractivity contribution in [3.63, 3.8) is 0 Å². The van der Waals surface area contributed by atoms with Gasteiger partial charge in [-0.15, -0.1) is 0 Å². The molecule has 1 aliphatic rings. The minimum Gasteiger partial charge on any atom is -0.299 e. The molecule has 2 aromatic carbocycles. The molecule has 27 heavy (non-hydrogen) atoms. The number of benzene rings is 2. The van der Waals surface area contributed by atoms with Gasteiger partial charge in [-0.2, -0.15) is 0 Å². The van der Waals surface area contributed by atoms with E-state index < -0.39 is 5.91 Å². The van der Waals surface area contributed by atoms with E-state index in [4.69, 9.17) is 10.0 Å². The van der Waals surface area contributed by atoms with Crippen LogP contribution in [0, 0.1) is 0 Å². The van der Waals surface area contributed by atoms with E-state index in [1.54, 1.807) is 5.48 Å². The summed E-state index contributed by atoms with van der Waals surface area (Å²) >= 11 is 0. The third-order valence-corrected chi connectivity index (χ3v) is 4.77. The molecule has 0 bridgehead atoms. The lowest BCUT2D eigenvalue weighted by Gasteiger charge is -2.33. The van der Waals surface area contributed by atoms with Gasteiger partial charge in [0, 0.05) is 30.1 Å². The zero-order valence-electron chi connectivity index (χ0n) is 15.1. The molecule has 142 valence electrons. The van der Waals surface area contributed by atoms with E-state index in [0.29, 0.717) is 12.2 Å². The van der Waals surface area contributed by atoms with Crippen LogP contribution in [0.1, 0.15) is 44.7 Å². The van der Waals surface area contributed by atoms with Gasteiger partial charge in [-0.3, -0.25) is 24.5 Å². The number of carbonyl (C=O) groups excluding carboxylic acids is 2. The van der Waals surface area contributed by atoms with Crippen molar-refractivity contribution < 1.29 is 19.6 Å². The van der Waals surface area contributed by atoms with Crippen LogP contribution in [-0.4, -0.2) is 41.6 Å². The molecule has 0 spiro atoms. The maximum Gasteiger partial charge on any atom is 0.274 e. The monoisotopic (exact) mass is 369 g/mol. The molecule has 7 heteroatoms. The van der Waals surface area contributed by atoms with Gasteiger partial charge in [-0.05, 0) is 41.9 Å². The minimum atomic E-state index is -0.630. The summed E-state index contributed by atoms with van der Waals surface area (Å²) in [5.41, 5.74) is 7.19. The average Bonchev–Trinajstić information content (AvgIpc) is 2.72. The number of hydrogen-bond donors (Lipinski definition) is 3. The number of fused-ring (bicyclic) bond motifs is 1. The fraction of sp³-hybridized carbons (Fsp3) is 0.300. The molecule has 1 heterocycles. The largest absolute Gasteiger partial charge is 0.299 e. The van der Waals surface area contributed by atoms with Gasteiger partial charge in [0.1, 0.15) is 0 Å². The highest BCUT2D eigenvalue weighted by Gasteiger charge is 2.24. The predicted octanol–water partition coefficient (Wildman–Crippen LogP) is 2.09. The molecule has 2 aromatic rings. The number of hydroxylamine groups is 2. The van der Waals surface area contributed by atoms with Gasteiger partial charge in [0.2, 0.25) is 0 Å². The van der Waals surface area contributed by atoms with Gasteiger partial charge in [-0.25, -0.2) is 11.0 Å². The number of likely N-dealkylation sites (N-methyl/N-ethyl adjacent to an activating group) is 1. The molecule has 1 aliphatic heterocycles. The van der Waals surface area contributed by atoms with Crippen LogP contribution in [0.15, 0.2) is 48.5 Å². The van der Waals surface area contributed by atoms with Crippen LogP contribution in [-0.2, 0) is 11.4 Å². The first kappa shape index (κ1) is 19.0. The van der Waals surface area contributed by atoms with Gasteiger partial charge >= 0.3 is 0 Å². The Morgan fingerprint density at radius 1 is 1.11 bits per heavy atom. The van der Waals surface area contributed by atoms with Crippen molar-refractivity contribution in [3.8, 4) is 0 Å². The van der Waals surface area contributed by atoms with E-state index in [-0.39, 0.29) is 17.4 Å². The molecule has 1 atom stereocenters. The third-order valence-electron chi connectivity index (χ3n) is 4.77. The zero-order valence-corrected chi connectivity index (χ0v) is 15.1. The Kier molecular flexibility index (Phi) is 6.18. The fourth-order valence-corrected chi connectivity index (χ4v) is 3.28. The lowest BCUT2D eigenvalue weighted by molar-refractivity contribution is 0.0198. The highest BCUT2D eigenvalue weighted by molar-refractivity contribution is 5.97. The second-order valence-electron chi connectivity index (χ2n) is 6.48. The molecule has 7 nitrogen and oxygen atoms in total. The van der Waals surface area contributed by atoms with Crippen LogP contribution in [0.5, 0.6) is 0 Å². The van der Waals surface area contributed by atoms with Gasteiger partial charge in [0.15, 0.2) is 0 Å². The second-order valence-corrected chi connectivity index (χ2v) is 6.48. The summed E-state index contributed by atoms with van der Waals surface area (Å²) in [7, 11) is 0. The van der Waals surface area contributed by atoms with Crippen LogP contribution in [0.2, 0.25) is 0 Å². The van der Waals surface area contributed by atoms with Crippen molar-refractivity contribution in [2.45, 2.75) is 19.4 Å². The Morgan fingerprint density at radius 3 is 2.44 bits per heavy atom. The van der Waals surface area contributed by atoms with Gasteiger partial charge in [0.05, 0.1) is 6.61 Å². The summed E-state index contributed by atoms with van der Waals surface area (Å²) in [6.45, 7) is 5.29. The standard InChI is InChI=1S/C20H23N3O4/c1-2-23-11-16-5-3-4-6-18(16)17(12-23)13-27-22-20(25)15-9-7-14(8-10-15)19(24)21-26/h3-10,17,26H,2,11-13H2,1H3,(H,21,24)(H,22,25). The van der Waals surface area contributed by atoms with Gasteiger partial charge < -0.3 is 0 Å². The molecular weight excluding hydrogens is 346 g/mol. The van der Waals surface area contributed by atoms with E-state index in [1.165, 1.54) is 35.4 Å². The molecule has 0 saturated carbocycles. The van der Waals surface area contributed by atoms with Crippen LogP contribution >= 0.6 is 0 Å². The number of amides is 2. The normalized spacial score (nSPS) is 16.4. The van der Waals surface area contributed by atoms with Crippen molar-refractivity contribution in [2.75, 3.05) is 19.7 Å². The Bertz CT molecular complexity index is 807. The van der Waals surface area contributed by atoms with E-state index in [9.17, 15) is 9.59 Å². The first-order valence-corrected chi connectivity index (χ1v) is 8.89. The highest BCUT2D eigenvalue weighted by atomic mass is 16.7. The van der Waals surface area contributed by atoms with E-state index in [0.717, 1.165) is 19.6 Å². The molecule has 0 radical (unpaired) electrons. The van der Waals surface area contributed by atoms with E-state index in [1.807, 2.05) is 12.1 Å². The van der Waals surface area contributed by atoms with Crippen molar-refractivity contribution in [3.05, 3.63) is 70.8 Å². The molecule has 2 amide bonds. The maximum atomic E-state index is 12.2.